The van der Waals surface area contributed by atoms with Crippen molar-refractivity contribution in [1.82, 2.24) is 0 Å². The van der Waals surface area contributed by atoms with Crippen LogP contribution < -0.4 is 0 Å². The number of aliphatic hydroxyl groups excluding tert-OH is 1. The molecule has 0 saturated heterocycles. The van der Waals surface area contributed by atoms with Gasteiger partial charge in [0.25, 0.3) is 0 Å². The van der Waals surface area contributed by atoms with Crippen molar-refractivity contribution in [3.8, 4) is 5.75 Å². The van der Waals surface area contributed by atoms with E-state index in [2.05, 4.69) is 13.2 Å². The summed E-state index contributed by atoms with van der Waals surface area (Å²) in [7, 11) is -1.87. The van der Waals surface area contributed by atoms with Gasteiger partial charge in [-0.05, 0) is 74.1 Å². The zero-order chi connectivity index (χ0) is 23.9. The van der Waals surface area contributed by atoms with Crippen LogP contribution in [0.3, 0.4) is 0 Å². The van der Waals surface area contributed by atoms with E-state index < -0.39 is 10.0 Å². The molecule has 0 aromatic heterocycles. The average molecular weight is 445 g/mol. The Bertz CT molecular complexity index is 958. The molecule has 2 N–H and O–H groups in total. The fraction of sp³-hybridized carbons (Fsp3) is 0.385. The minimum absolute atomic E-state index is 0.0216. The van der Waals surface area contributed by atoms with Gasteiger partial charge < -0.3 is 10.2 Å². The number of ketones is 2. The molecule has 1 unspecified atom stereocenters. The molecule has 0 amide bonds. The standard InChI is InChI=1S/C24H32O4S.C2H4/c1-7-9-21-23(13-11-20(18(6)27)24(21)28)29(8-2,14-25)22-12-10-19(17(5)26)15(3)16(22)4;1-2/h10-13,25,28H,7-9,14H2,1-6H3;1-2H2. The Morgan fingerprint density at radius 1 is 0.903 bits per heavy atom. The van der Waals surface area contributed by atoms with Crippen LogP contribution >= 0.6 is 10.0 Å². The van der Waals surface area contributed by atoms with Gasteiger partial charge in [0.05, 0.1) is 11.5 Å². The lowest BCUT2D eigenvalue weighted by atomic mass is 10.0. The van der Waals surface area contributed by atoms with Crippen LogP contribution in [0.1, 0.15) is 71.5 Å². The second-order valence-corrected chi connectivity index (χ2v) is 10.9. The molecular weight excluding hydrogens is 408 g/mol. The highest BCUT2D eigenvalue weighted by Crippen LogP contribution is 2.64. The molecular formula is C26H36O4S. The molecule has 2 aromatic rings. The molecule has 0 saturated carbocycles. The van der Waals surface area contributed by atoms with Gasteiger partial charge in [-0.2, -0.15) is 10.0 Å². The molecule has 4 nitrogen and oxygen atoms in total. The molecule has 5 heteroatoms. The van der Waals surface area contributed by atoms with Gasteiger partial charge >= 0.3 is 0 Å². The largest absolute Gasteiger partial charge is 0.507 e. The van der Waals surface area contributed by atoms with Crippen molar-refractivity contribution in [2.24, 2.45) is 0 Å². The number of Topliss-reactive ketones (excluding diaryl/α,β-unsaturated/α-hetero) is 2. The van der Waals surface area contributed by atoms with E-state index in [1.165, 1.54) is 6.92 Å². The fourth-order valence-electron chi connectivity index (χ4n) is 4.02. The molecule has 31 heavy (non-hydrogen) atoms. The van der Waals surface area contributed by atoms with Crippen molar-refractivity contribution in [3.63, 3.8) is 0 Å². The van der Waals surface area contributed by atoms with E-state index in [-0.39, 0.29) is 23.3 Å². The van der Waals surface area contributed by atoms with Gasteiger partial charge in [-0.15, -0.1) is 13.2 Å². The predicted molar refractivity (Wildman–Crippen MR) is 131 cm³/mol. The maximum Gasteiger partial charge on any atom is 0.163 e. The van der Waals surface area contributed by atoms with Crippen LogP contribution in [0.25, 0.3) is 0 Å². The van der Waals surface area contributed by atoms with Crippen LogP contribution in [0.4, 0.5) is 0 Å². The molecule has 0 spiro atoms. The summed E-state index contributed by atoms with van der Waals surface area (Å²) in [5, 5.41) is 21.5. The number of benzene rings is 2. The Morgan fingerprint density at radius 2 is 1.42 bits per heavy atom. The molecule has 170 valence electrons. The Kier molecular flexibility index (Phi) is 9.72. The molecule has 0 bridgehead atoms. The minimum Gasteiger partial charge on any atom is -0.507 e. The van der Waals surface area contributed by atoms with E-state index in [1.807, 2.05) is 45.9 Å². The van der Waals surface area contributed by atoms with Gasteiger partial charge in [0.1, 0.15) is 5.75 Å². The molecule has 0 aliphatic carbocycles. The maximum absolute atomic E-state index is 12.0. The molecule has 2 rings (SSSR count). The van der Waals surface area contributed by atoms with E-state index in [1.54, 1.807) is 13.0 Å². The predicted octanol–water partition coefficient (Wildman–Crippen LogP) is 6.36. The normalized spacial score (nSPS) is 13.5. The minimum atomic E-state index is -1.87. The third-order valence-corrected chi connectivity index (χ3v) is 9.73. The van der Waals surface area contributed by atoms with Gasteiger partial charge in [0.2, 0.25) is 0 Å². The molecule has 0 heterocycles. The van der Waals surface area contributed by atoms with Crippen LogP contribution in [0.15, 0.2) is 47.2 Å². The van der Waals surface area contributed by atoms with Crippen molar-refractivity contribution in [2.75, 3.05) is 11.7 Å². The SMILES string of the molecule is C=C.CCCc1c(S(CC)(CO)c2ccc(C(C)=O)c(C)c2C)ccc(C(C)=O)c1O. The number of rotatable bonds is 8. The van der Waals surface area contributed by atoms with Crippen molar-refractivity contribution < 1.29 is 19.8 Å². The summed E-state index contributed by atoms with van der Waals surface area (Å²) < 4.78 is 0. The van der Waals surface area contributed by atoms with Gasteiger partial charge in [-0.25, -0.2) is 0 Å². The first-order chi connectivity index (χ1) is 14.7. The van der Waals surface area contributed by atoms with Crippen molar-refractivity contribution in [1.29, 1.82) is 0 Å². The molecule has 2 aromatic carbocycles. The second kappa shape index (κ2) is 11.3. The van der Waals surface area contributed by atoms with Crippen LogP contribution in [-0.2, 0) is 6.42 Å². The smallest absolute Gasteiger partial charge is 0.163 e. The third-order valence-electron chi connectivity index (χ3n) is 5.79. The number of aromatic hydroxyl groups is 1. The Labute approximate surface area is 188 Å². The summed E-state index contributed by atoms with van der Waals surface area (Å²) in [5.74, 6) is 0.515. The zero-order valence-corrected chi connectivity index (χ0v) is 20.5. The quantitative estimate of drug-likeness (QED) is 0.367. The number of phenolic OH excluding ortho intramolecular Hbond substituents is 1. The van der Waals surface area contributed by atoms with E-state index in [9.17, 15) is 19.8 Å². The summed E-state index contributed by atoms with van der Waals surface area (Å²) in [4.78, 5) is 25.9. The fourth-order valence-corrected chi connectivity index (χ4v) is 7.41. The number of carbonyl (C=O) groups is 2. The first-order valence-electron chi connectivity index (χ1n) is 10.5. The lowest BCUT2D eigenvalue weighted by Crippen LogP contribution is -2.15. The summed E-state index contributed by atoms with van der Waals surface area (Å²) in [6, 6.07) is 7.38. The molecule has 0 aliphatic heterocycles. The number of phenols is 1. The highest BCUT2D eigenvalue weighted by atomic mass is 32.3. The van der Waals surface area contributed by atoms with E-state index in [0.717, 1.165) is 32.9 Å². The number of carbonyl (C=O) groups excluding carboxylic acids is 2. The van der Waals surface area contributed by atoms with Gasteiger partial charge in [-0.1, -0.05) is 26.3 Å². The average Bonchev–Trinajstić information content (AvgIpc) is 2.75. The van der Waals surface area contributed by atoms with Crippen LogP contribution in [-0.4, -0.2) is 33.5 Å². The van der Waals surface area contributed by atoms with Crippen LogP contribution in [0.5, 0.6) is 5.75 Å². The molecule has 1 atom stereocenters. The Balaban J connectivity index is 0.00000233. The maximum atomic E-state index is 12.0. The van der Waals surface area contributed by atoms with E-state index >= 15 is 0 Å². The summed E-state index contributed by atoms with van der Waals surface area (Å²) in [6.07, 6.45) is 1.44. The van der Waals surface area contributed by atoms with E-state index in [0.29, 0.717) is 23.3 Å². The third kappa shape index (κ3) is 4.94. The van der Waals surface area contributed by atoms with Gasteiger partial charge in [-0.3, -0.25) is 9.59 Å². The zero-order valence-electron chi connectivity index (χ0n) is 19.7. The van der Waals surface area contributed by atoms with Crippen molar-refractivity contribution >= 4 is 21.6 Å². The van der Waals surface area contributed by atoms with Crippen LogP contribution in [0.2, 0.25) is 0 Å². The molecule has 0 fully saturated rings. The number of hydrogen-bond donors (Lipinski definition) is 2. The topological polar surface area (TPSA) is 74.6 Å². The first kappa shape index (κ1) is 26.7. The highest BCUT2D eigenvalue weighted by Gasteiger charge is 2.32. The first-order valence-corrected chi connectivity index (χ1v) is 12.5. The van der Waals surface area contributed by atoms with Crippen molar-refractivity contribution in [2.45, 2.75) is 64.2 Å². The highest BCUT2D eigenvalue weighted by molar-refractivity contribution is 8.33. The molecule has 0 aliphatic rings. The summed E-state index contributed by atoms with van der Waals surface area (Å²) in [5.41, 5.74) is 3.69. The molecule has 0 radical (unpaired) electrons. The summed E-state index contributed by atoms with van der Waals surface area (Å²) in [6.45, 7) is 17.0. The van der Waals surface area contributed by atoms with E-state index in [4.69, 9.17) is 0 Å². The van der Waals surface area contributed by atoms with Gasteiger partial charge in [0, 0.05) is 16.0 Å². The lowest BCUT2D eigenvalue weighted by molar-refractivity contribution is 0.100. The van der Waals surface area contributed by atoms with Crippen LogP contribution in [0, 0.1) is 13.8 Å². The summed E-state index contributed by atoms with van der Waals surface area (Å²) >= 11 is 0. The Morgan fingerprint density at radius 3 is 1.87 bits per heavy atom. The Hall–Kier alpha value is -2.37. The second-order valence-electron chi connectivity index (χ2n) is 7.46. The lowest BCUT2D eigenvalue weighted by Gasteiger charge is -2.41. The van der Waals surface area contributed by atoms with Gasteiger partial charge in [0.15, 0.2) is 11.6 Å². The number of aliphatic hydroxyl groups is 1. The number of hydrogen-bond acceptors (Lipinski definition) is 4. The van der Waals surface area contributed by atoms with Crippen molar-refractivity contribution in [3.05, 3.63) is 65.2 Å². The monoisotopic (exact) mass is 444 g/mol.